The van der Waals surface area contributed by atoms with E-state index in [1.54, 1.807) is 13.1 Å². The first kappa shape index (κ1) is 11.1. The molecule has 3 nitrogen and oxygen atoms in total. The second-order valence-electron chi connectivity index (χ2n) is 4.38. The highest BCUT2D eigenvalue weighted by atomic mass is 16.3. The van der Waals surface area contributed by atoms with E-state index >= 15 is 0 Å². The Morgan fingerprint density at radius 1 is 1.50 bits per heavy atom. The maximum atomic E-state index is 9.54. The van der Waals surface area contributed by atoms with Crippen molar-refractivity contribution in [1.82, 2.24) is 4.98 Å². The van der Waals surface area contributed by atoms with Gasteiger partial charge in [0.15, 0.2) is 0 Å². The summed E-state index contributed by atoms with van der Waals surface area (Å²) in [4.78, 5) is 6.62. The zero-order chi connectivity index (χ0) is 11.5. The molecule has 0 bridgehead atoms. The van der Waals surface area contributed by atoms with Crippen LogP contribution in [0, 0.1) is 0 Å². The van der Waals surface area contributed by atoms with Crippen molar-refractivity contribution in [3.05, 3.63) is 35.5 Å². The van der Waals surface area contributed by atoms with Gasteiger partial charge in [0.05, 0.1) is 6.10 Å². The van der Waals surface area contributed by atoms with Crippen LogP contribution in [0.2, 0.25) is 0 Å². The highest BCUT2D eigenvalue weighted by Gasteiger charge is 2.12. The molecule has 1 aromatic rings. The molecule has 86 valence electrons. The highest BCUT2D eigenvalue weighted by molar-refractivity contribution is 5.44. The van der Waals surface area contributed by atoms with Crippen molar-refractivity contribution in [3.63, 3.8) is 0 Å². The topological polar surface area (TPSA) is 36.4 Å². The summed E-state index contributed by atoms with van der Waals surface area (Å²) in [7, 11) is 0. The number of hydrogen-bond acceptors (Lipinski definition) is 3. The molecule has 0 radical (unpaired) electrons. The SMILES string of the molecule is CC1=CCCN(c2cc(C(C)O)ccn2)C1. The lowest BCUT2D eigenvalue weighted by atomic mass is 10.1. The van der Waals surface area contributed by atoms with Crippen molar-refractivity contribution in [3.8, 4) is 0 Å². The molecule has 2 rings (SSSR count). The second-order valence-corrected chi connectivity index (χ2v) is 4.38. The lowest BCUT2D eigenvalue weighted by Gasteiger charge is -2.27. The van der Waals surface area contributed by atoms with Crippen molar-refractivity contribution in [1.29, 1.82) is 0 Å². The van der Waals surface area contributed by atoms with Gasteiger partial charge in [0.2, 0.25) is 0 Å². The number of rotatable bonds is 2. The Balaban J connectivity index is 2.20. The third-order valence-electron chi connectivity index (χ3n) is 2.91. The van der Waals surface area contributed by atoms with Crippen LogP contribution in [0.15, 0.2) is 30.0 Å². The van der Waals surface area contributed by atoms with Crippen molar-refractivity contribution in [2.24, 2.45) is 0 Å². The predicted molar refractivity (Wildman–Crippen MR) is 65.5 cm³/mol. The predicted octanol–water partition coefficient (Wildman–Crippen LogP) is 2.29. The molecule has 0 spiro atoms. The van der Waals surface area contributed by atoms with Crippen LogP contribution in [-0.2, 0) is 0 Å². The number of aliphatic hydroxyl groups excluding tert-OH is 1. The number of pyridine rings is 1. The molecule has 1 aliphatic heterocycles. The molecule has 1 N–H and O–H groups in total. The first-order chi connectivity index (χ1) is 7.66. The molecule has 16 heavy (non-hydrogen) atoms. The summed E-state index contributed by atoms with van der Waals surface area (Å²) in [5, 5.41) is 9.54. The van der Waals surface area contributed by atoms with Crippen LogP contribution in [0.5, 0.6) is 0 Å². The molecule has 1 unspecified atom stereocenters. The average molecular weight is 218 g/mol. The smallest absolute Gasteiger partial charge is 0.129 e. The summed E-state index contributed by atoms with van der Waals surface area (Å²) in [6, 6.07) is 3.84. The minimum absolute atomic E-state index is 0.428. The maximum Gasteiger partial charge on any atom is 0.129 e. The first-order valence-corrected chi connectivity index (χ1v) is 5.71. The van der Waals surface area contributed by atoms with Crippen molar-refractivity contribution >= 4 is 5.82 Å². The van der Waals surface area contributed by atoms with Gasteiger partial charge in [-0.25, -0.2) is 4.98 Å². The van der Waals surface area contributed by atoms with Crippen LogP contribution >= 0.6 is 0 Å². The molecule has 1 aliphatic rings. The minimum atomic E-state index is -0.428. The normalized spacial score (nSPS) is 18.2. The van der Waals surface area contributed by atoms with Gasteiger partial charge >= 0.3 is 0 Å². The molecule has 0 amide bonds. The molecule has 0 saturated carbocycles. The van der Waals surface area contributed by atoms with E-state index in [9.17, 15) is 5.11 Å². The average Bonchev–Trinajstić information content (AvgIpc) is 2.29. The summed E-state index contributed by atoms with van der Waals surface area (Å²) in [5.41, 5.74) is 2.31. The fraction of sp³-hybridized carbons (Fsp3) is 0.462. The molecule has 0 fully saturated rings. The number of aromatic nitrogens is 1. The zero-order valence-electron chi connectivity index (χ0n) is 9.85. The Hall–Kier alpha value is -1.35. The number of aliphatic hydroxyl groups is 1. The zero-order valence-corrected chi connectivity index (χ0v) is 9.85. The van der Waals surface area contributed by atoms with Crippen LogP contribution in [0.3, 0.4) is 0 Å². The van der Waals surface area contributed by atoms with Gasteiger partial charge in [0.25, 0.3) is 0 Å². The van der Waals surface area contributed by atoms with E-state index < -0.39 is 6.10 Å². The highest BCUT2D eigenvalue weighted by Crippen LogP contribution is 2.21. The number of anilines is 1. The summed E-state index contributed by atoms with van der Waals surface area (Å²) in [6.07, 6.45) is 4.69. The molecule has 0 saturated heterocycles. The molecule has 0 aliphatic carbocycles. The lowest BCUT2D eigenvalue weighted by Crippen LogP contribution is -2.29. The van der Waals surface area contributed by atoms with Gasteiger partial charge < -0.3 is 10.0 Å². The van der Waals surface area contributed by atoms with E-state index in [0.717, 1.165) is 30.9 Å². The Labute approximate surface area is 96.4 Å². The summed E-state index contributed by atoms with van der Waals surface area (Å²) in [5.74, 6) is 0.964. The number of nitrogens with zero attached hydrogens (tertiary/aromatic N) is 2. The third-order valence-corrected chi connectivity index (χ3v) is 2.91. The molecule has 0 aromatic carbocycles. The Morgan fingerprint density at radius 3 is 3.00 bits per heavy atom. The Bertz CT molecular complexity index is 399. The fourth-order valence-electron chi connectivity index (χ4n) is 1.97. The Morgan fingerprint density at radius 2 is 2.31 bits per heavy atom. The van der Waals surface area contributed by atoms with E-state index in [4.69, 9.17) is 0 Å². The van der Waals surface area contributed by atoms with Gasteiger partial charge in [-0.15, -0.1) is 0 Å². The van der Waals surface area contributed by atoms with Crippen LogP contribution in [-0.4, -0.2) is 23.2 Å². The van der Waals surface area contributed by atoms with Crippen LogP contribution in [0.25, 0.3) is 0 Å². The van der Waals surface area contributed by atoms with Gasteiger partial charge in [-0.2, -0.15) is 0 Å². The standard InChI is InChI=1S/C13H18N2O/c1-10-4-3-7-15(9-10)13-8-12(11(2)16)5-6-14-13/h4-6,8,11,16H,3,7,9H2,1-2H3. The van der Waals surface area contributed by atoms with Crippen LogP contribution < -0.4 is 4.90 Å². The van der Waals surface area contributed by atoms with E-state index in [-0.39, 0.29) is 0 Å². The van der Waals surface area contributed by atoms with Crippen molar-refractivity contribution < 1.29 is 5.11 Å². The van der Waals surface area contributed by atoms with Crippen molar-refractivity contribution in [2.75, 3.05) is 18.0 Å². The van der Waals surface area contributed by atoms with E-state index in [2.05, 4.69) is 22.9 Å². The second kappa shape index (κ2) is 4.66. The monoisotopic (exact) mass is 218 g/mol. The molecule has 1 atom stereocenters. The third kappa shape index (κ3) is 2.42. The summed E-state index contributed by atoms with van der Waals surface area (Å²) >= 11 is 0. The molecule has 1 aromatic heterocycles. The fourth-order valence-corrected chi connectivity index (χ4v) is 1.97. The number of hydrogen-bond donors (Lipinski definition) is 1. The minimum Gasteiger partial charge on any atom is -0.389 e. The summed E-state index contributed by atoms with van der Waals surface area (Å²) < 4.78 is 0. The van der Waals surface area contributed by atoms with Gasteiger partial charge in [0.1, 0.15) is 5.82 Å². The maximum absolute atomic E-state index is 9.54. The van der Waals surface area contributed by atoms with Gasteiger partial charge in [-0.1, -0.05) is 11.6 Å². The van der Waals surface area contributed by atoms with Crippen LogP contribution in [0.1, 0.15) is 31.9 Å². The van der Waals surface area contributed by atoms with Gasteiger partial charge in [-0.05, 0) is 38.0 Å². The first-order valence-electron chi connectivity index (χ1n) is 5.71. The lowest BCUT2D eigenvalue weighted by molar-refractivity contribution is 0.199. The molecule has 3 heteroatoms. The molecular weight excluding hydrogens is 200 g/mol. The molecule has 2 heterocycles. The largest absolute Gasteiger partial charge is 0.389 e. The Kier molecular flexibility index (Phi) is 3.25. The summed E-state index contributed by atoms with van der Waals surface area (Å²) in [6.45, 7) is 5.87. The molecular formula is C13H18N2O. The van der Waals surface area contributed by atoms with E-state index in [1.165, 1.54) is 5.57 Å². The van der Waals surface area contributed by atoms with Crippen molar-refractivity contribution in [2.45, 2.75) is 26.4 Å². The van der Waals surface area contributed by atoms with E-state index in [1.807, 2.05) is 12.1 Å². The van der Waals surface area contributed by atoms with Gasteiger partial charge in [0, 0.05) is 19.3 Å². The van der Waals surface area contributed by atoms with E-state index in [0.29, 0.717) is 0 Å². The van der Waals surface area contributed by atoms with Crippen LogP contribution in [0.4, 0.5) is 5.82 Å². The van der Waals surface area contributed by atoms with Gasteiger partial charge in [-0.3, -0.25) is 0 Å². The quantitative estimate of drug-likeness (QED) is 0.774.